The standard InChI is InChI=1S/C24H39NO4/c1-3-4-5-6-7-8-9-10-11-12-13-14-15-16-23(26)25-21-19-20(24(27)28)17-18-22(21)29-2/h17-19H,3-16H2,1-2H3,(H,25,26)(H,27,28). The molecule has 0 atom stereocenters. The normalized spacial score (nSPS) is 10.7. The molecule has 0 aliphatic rings. The number of carboxylic acids is 1. The van der Waals surface area contributed by atoms with E-state index in [1.54, 1.807) is 6.07 Å². The van der Waals surface area contributed by atoms with E-state index in [9.17, 15) is 9.59 Å². The summed E-state index contributed by atoms with van der Waals surface area (Å²) in [5.41, 5.74) is 0.536. The molecule has 0 aliphatic carbocycles. The topological polar surface area (TPSA) is 75.6 Å². The number of benzene rings is 1. The molecule has 1 amide bonds. The van der Waals surface area contributed by atoms with E-state index in [0.717, 1.165) is 12.8 Å². The number of hydrogen-bond acceptors (Lipinski definition) is 3. The fraction of sp³-hybridized carbons (Fsp3) is 0.667. The maximum atomic E-state index is 12.1. The van der Waals surface area contributed by atoms with Crippen molar-refractivity contribution in [2.75, 3.05) is 12.4 Å². The first-order valence-corrected chi connectivity index (χ1v) is 11.3. The average molecular weight is 406 g/mol. The van der Waals surface area contributed by atoms with Gasteiger partial charge in [-0.25, -0.2) is 4.79 Å². The lowest BCUT2D eigenvalue weighted by Crippen LogP contribution is -2.12. The molecule has 1 rings (SSSR count). The van der Waals surface area contributed by atoms with Crippen LogP contribution < -0.4 is 10.1 Å². The van der Waals surface area contributed by atoms with Gasteiger partial charge in [0.05, 0.1) is 18.4 Å². The van der Waals surface area contributed by atoms with Gasteiger partial charge in [-0.15, -0.1) is 0 Å². The number of hydrogen-bond donors (Lipinski definition) is 2. The minimum Gasteiger partial charge on any atom is -0.495 e. The van der Waals surface area contributed by atoms with E-state index < -0.39 is 5.97 Å². The molecule has 2 N–H and O–H groups in total. The van der Waals surface area contributed by atoms with Gasteiger partial charge in [0.1, 0.15) is 5.75 Å². The van der Waals surface area contributed by atoms with Crippen molar-refractivity contribution in [2.45, 2.75) is 96.8 Å². The predicted molar refractivity (Wildman–Crippen MR) is 119 cm³/mol. The molecule has 5 nitrogen and oxygen atoms in total. The first kappa shape index (κ1) is 25.0. The first-order chi connectivity index (χ1) is 14.1. The van der Waals surface area contributed by atoms with Crippen LogP contribution in [0.15, 0.2) is 18.2 Å². The van der Waals surface area contributed by atoms with Crippen molar-refractivity contribution in [3.8, 4) is 5.75 Å². The summed E-state index contributed by atoms with van der Waals surface area (Å²) in [6.07, 6.45) is 17.0. The molecule has 0 aliphatic heterocycles. The summed E-state index contributed by atoms with van der Waals surface area (Å²) in [5, 5.41) is 11.9. The Morgan fingerprint density at radius 2 is 1.38 bits per heavy atom. The molecule has 1 aromatic rings. The van der Waals surface area contributed by atoms with Crippen molar-refractivity contribution in [3.05, 3.63) is 23.8 Å². The SMILES string of the molecule is CCCCCCCCCCCCCCCC(=O)Nc1cc(C(=O)O)ccc1OC. The van der Waals surface area contributed by atoms with Crippen LogP contribution in [0.2, 0.25) is 0 Å². The highest BCUT2D eigenvalue weighted by atomic mass is 16.5. The van der Waals surface area contributed by atoms with Crippen molar-refractivity contribution < 1.29 is 19.4 Å². The van der Waals surface area contributed by atoms with Crippen molar-refractivity contribution in [3.63, 3.8) is 0 Å². The Balaban J connectivity index is 2.09. The van der Waals surface area contributed by atoms with Gasteiger partial charge in [-0.3, -0.25) is 4.79 Å². The maximum absolute atomic E-state index is 12.1. The zero-order chi connectivity index (χ0) is 21.3. The molecule has 0 aromatic heterocycles. The minimum atomic E-state index is -1.03. The van der Waals surface area contributed by atoms with Crippen LogP contribution in [0.4, 0.5) is 5.69 Å². The van der Waals surface area contributed by atoms with Crippen molar-refractivity contribution in [1.82, 2.24) is 0 Å². The number of carboxylic acid groups (broad SMARTS) is 1. The van der Waals surface area contributed by atoms with Crippen LogP contribution in [0.25, 0.3) is 0 Å². The lowest BCUT2D eigenvalue weighted by molar-refractivity contribution is -0.116. The van der Waals surface area contributed by atoms with Gasteiger partial charge in [-0.05, 0) is 24.6 Å². The van der Waals surface area contributed by atoms with Crippen LogP contribution in [0, 0.1) is 0 Å². The third kappa shape index (κ3) is 11.5. The van der Waals surface area contributed by atoms with Gasteiger partial charge in [0.15, 0.2) is 0 Å². The van der Waals surface area contributed by atoms with E-state index in [1.807, 2.05) is 0 Å². The summed E-state index contributed by atoms with van der Waals surface area (Å²) in [6.45, 7) is 2.25. The minimum absolute atomic E-state index is 0.103. The molecule has 0 saturated carbocycles. The third-order valence-corrected chi connectivity index (χ3v) is 5.23. The highest BCUT2D eigenvalue weighted by molar-refractivity contribution is 5.95. The number of amides is 1. The van der Waals surface area contributed by atoms with Crippen molar-refractivity contribution in [1.29, 1.82) is 0 Å². The summed E-state index contributed by atoms with van der Waals surface area (Å²) in [4.78, 5) is 23.2. The Hall–Kier alpha value is -2.04. The Labute approximate surface area is 176 Å². The number of methoxy groups -OCH3 is 1. The van der Waals surface area contributed by atoms with E-state index in [4.69, 9.17) is 9.84 Å². The van der Waals surface area contributed by atoms with E-state index >= 15 is 0 Å². The average Bonchev–Trinajstić information content (AvgIpc) is 2.71. The number of ether oxygens (including phenoxy) is 1. The molecule has 0 saturated heterocycles. The van der Waals surface area contributed by atoms with Crippen LogP contribution in [0.3, 0.4) is 0 Å². The van der Waals surface area contributed by atoms with Crippen LogP contribution in [-0.2, 0) is 4.79 Å². The number of nitrogens with one attached hydrogen (secondary N) is 1. The molecule has 29 heavy (non-hydrogen) atoms. The molecule has 0 bridgehead atoms. The number of anilines is 1. The highest BCUT2D eigenvalue weighted by Crippen LogP contribution is 2.26. The second-order valence-electron chi connectivity index (χ2n) is 7.76. The Bertz CT molecular complexity index is 601. The summed E-state index contributed by atoms with van der Waals surface area (Å²) in [6, 6.07) is 4.45. The van der Waals surface area contributed by atoms with E-state index in [1.165, 1.54) is 89.9 Å². The lowest BCUT2D eigenvalue weighted by atomic mass is 10.0. The molecule has 0 radical (unpaired) electrons. The Morgan fingerprint density at radius 3 is 1.86 bits per heavy atom. The van der Waals surface area contributed by atoms with E-state index in [2.05, 4.69) is 12.2 Å². The molecular weight excluding hydrogens is 366 g/mol. The van der Waals surface area contributed by atoms with Crippen LogP contribution >= 0.6 is 0 Å². The Morgan fingerprint density at radius 1 is 0.862 bits per heavy atom. The summed E-state index contributed by atoms with van der Waals surface area (Å²) < 4.78 is 5.20. The van der Waals surface area contributed by atoms with Crippen LogP contribution in [-0.4, -0.2) is 24.1 Å². The summed E-state index contributed by atoms with van der Waals surface area (Å²) >= 11 is 0. The van der Waals surface area contributed by atoms with Crippen molar-refractivity contribution in [2.24, 2.45) is 0 Å². The molecule has 1 aromatic carbocycles. The maximum Gasteiger partial charge on any atom is 0.335 e. The second-order valence-corrected chi connectivity index (χ2v) is 7.76. The molecule has 164 valence electrons. The Kier molecular flexibility index (Phi) is 13.6. The van der Waals surface area contributed by atoms with Crippen molar-refractivity contribution >= 4 is 17.6 Å². The molecule has 0 spiro atoms. The molecule has 0 fully saturated rings. The van der Waals surface area contributed by atoms with Gasteiger partial charge in [0, 0.05) is 6.42 Å². The van der Waals surface area contributed by atoms with Gasteiger partial charge < -0.3 is 15.2 Å². The van der Waals surface area contributed by atoms with Crippen LogP contribution in [0.5, 0.6) is 5.75 Å². The summed E-state index contributed by atoms with van der Waals surface area (Å²) in [7, 11) is 1.50. The third-order valence-electron chi connectivity index (χ3n) is 5.23. The number of carbonyl (C=O) groups is 2. The number of rotatable bonds is 17. The van der Waals surface area contributed by atoms with Gasteiger partial charge in [0.2, 0.25) is 5.91 Å². The predicted octanol–water partition coefficient (Wildman–Crippen LogP) is 6.81. The number of aromatic carboxylic acids is 1. The van der Waals surface area contributed by atoms with Gasteiger partial charge >= 0.3 is 5.97 Å². The van der Waals surface area contributed by atoms with E-state index in [-0.39, 0.29) is 11.5 Å². The highest BCUT2D eigenvalue weighted by Gasteiger charge is 2.11. The first-order valence-electron chi connectivity index (χ1n) is 11.3. The quantitative estimate of drug-likeness (QED) is 0.279. The molecule has 0 heterocycles. The molecule has 5 heteroatoms. The summed E-state index contributed by atoms with van der Waals surface area (Å²) in [5.74, 6) is -0.665. The number of carbonyl (C=O) groups excluding carboxylic acids is 1. The monoisotopic (exact) mass is 405 g/mol. The largest absolute Gasteiger partial charge is 0.495 e. The van der Waals surface area contributed by atoms with Gasteiger partial charge in [-0.1, -0.05) is 84.0 Å². The van der Waals surface area contributed by atoms with Gasteiger partial charge in [0.25, 0.3) is 0 Å². The zero-order valence-electron chi connectivity index (χ0n) is 18.3. The smallest absolute Gasteiger partial charge is 0.335 e. The molecule has 0 unspecified atom stereocenters. The fourth-order valence-electron chi connectivity index (χ4n) is 3.45. The zero-order valence-corrected chi connectivity index (χ0v) is 18.3. The second kappa shape index (κ2) is 15.8. The lowest BCUT2D eigenvalue weighted by Gasteiger charge is -2.11. The van der Waals surface area contributed by atoms with Gasteiger partial charge in [-0.2, -0.15) is 0 Å². The van der Waals surface area contributed by atoms with Crippen LogP contribution in [0.1, 0.15) is 107 Å². The van der Waals surface area contributed by atoms with E-state index in [0.29, 0.717) is 17.9 Å². The molecular formula is C24H39NO4. The number of unbranched alkanes of at least 4 members (excludes halogenated alkanes) is 12. The fourth-order valence-corrected chi connectivity index (χ4v) is 3.45.